The molecule has 1 aliphatic heterocycles. The van der Waals surface area contributed by atoms with Crippen LogP contribution in [0.15, 0.2) is 18.2 Å². The maximum atomic E-state index is 13.3. The summed E-state index contributed by atoms with van der Waals surface area (Å²) in [5.41, 5.74) is -1.04. The van der Waals surface area contributed by atoms with Crippen LogP contribution in [0.5, 0.6) is 5.75 Å². The molecule has 1 aliphatic rings. The maximum Gasteiger partial charge on any atom is 0.418 e. The quantitative estimate of drug-likeness (QED) is 0.831. The molecule has 134 valence electrons. The number of alkyl halides is 3. The number of carbonyl (C=O) groups is 1. The Hall–Kier alpha value is -1.96. The third-order valence-electron chi connectivity index (χ3n) is 3.85. The SMILES string of the molecule is CC(C)N1CCC(Nc2ccc(OCCO)cc2C(F)(F)F)C1=O. The van der Waals surface area contributed by atoms with Crippen molar-refractivity contribution in [1.29, 1.82) is 0 Å². The van der Waals surface area contributed by atoms with Crippen LogP contribution < -0.4 is 10.1 Å². The first kappa shape index (κ1) is 18.4. The average Bonchev–Trinajstić information content (AvgIpc) is 2.86. The molecule has 2 N–H and O–H groups in total. The molecule has 0 aliphatic carbocycles. The van der Waals surface area contributed by atoms with Gasteiger partial charge in [0, 0.05) is 18.3 Å². The van der Waals surface area contributed by atoms with Crippen molar-refractivity contribution in [3.8, 4) is 5.75 Å². The third-order valence-corrected chi connectivity index (χ3v) is 3.85. The van der Waals surface area contributed by atoms with Crippen molar-refractivity contribution in [2.75, 3.05) is 25.1 Å². The number of aliphatic hydroxyl groups is 1. The largest absolute Gasteiger partial charge is 0.491 e. The fourth-order valence-electron chi connectivity index (χ4n) is 2.67. The summed E-state index contributed by atoms with van der Waals surface area (Å²) < 4.78 is 44.9. The second kappa shape index (κ2) is 7.29. The highest BCUT2D eigenvalue weighted by atomic mass is 19.4. The summed E-state index contributed by atoms with van der Waals surface area (Å²) in [6.07, 6.45) is -4.13. The zero-order chi connectivity index (χ0) is 17.9. The topological polar surface area (TPSA) is 61.8 Å². The summed E-state index contributed by atoms with van der Waals surface area (Å²) in [6.45, 7) is 3.88. The van der Waals surface area contributed by atoms with Crippen molar-refractivity contribution in [3.05, 3.63) is 23.8 Å². The van der Waals surface area contributed by atoms with Crippen molar-refractivity contribution in [2.24, 2.45) is 0 Å². The lowest BCUT2D eigenvalue weighted by Crippen LogP contribution is -2.37. The van der Waals surface area contributed by atoms with E-state index in [9.17, 15) is 18.0 Å². The van der Waals surface area contributed by atoms with Crippen LogP contribution in [0.1, 0.15) is 25.8 Å². The number of hydrogen-bond acceptors (Lipinski definition) is 4. The van der Waals surface area contributed by atoms with Crippen LogP contribution in [-0.2, 0) is 11.0 Å². The molecule has 8 heteroatoms. The lowest BCUT2D eigenvalue weighted by molar-refractivity contribution is -0.137. The van der Waals surface area contributed by atoms with Crippen LogP contribution in [-0.4, -0.2) is 47.8 Å². The Morgan fingerprint density at radius 2 is 2.12 bits per heavy atom. The first-order valence-corrected chi connectivity index (χ1v) is 7.76. The number of nitrogens with one attached hydrogen (secondary N) is 1. The molecule has 1 amide bonds. The van der Waals surface area contributed by atoms with Crippen LogP contribution >= 0.6 is 0 Å². The molecule has 2 rings (SSSR count). The van der Waals surface area contributed by atoms with Gasteiger partial charge >= 0.3 is 6.18 Å². The molecule has 1 unspecified atom stereocenters. The van der Waals surface area contributed by atoms with Crippen molar-refractivity contribution in [1.82, 2.24) is 4.90 Å². The number of carbonyl (C=O) groups excluding carboxylic acids is 1. The summed E-state index contributed by atoms with van der Waals surface area (Å²) in [6, 6.07) is 2.85. The molecule has 0 aromatic heterocycles. The molecule has 24 heavy (non-hydrogen) atoms. The number of anilines is 1. The maximum absolute atomic E-state index is 13.3. The van der Waals surface area contributed by atoms with E-state index < -0.39 is 17.8 Å². The molecule has 1 atom stereocenters. The molecular formula is C16H21F3N2O3. The highest BCUT2D eigenvalue weighted by Gasteiger charge is 2.37. The number of halogens is 3. The molecular weight excluding hydrogens is 325 g/mol. The Kier molecular flexibility index (Phi) is 5.58. The average molecular weight is 346 g/mol. The Morgan fingerprint density at radius 1 is 1.42 bits per heavy atom. The van der Waals surface area contributed by atoms with Gasteiger partial charge < -0.3 is 20.1 Å². The van der Waals surface area contributed by atoms with Crippen molar-refractivity contribution in [2.45, 2.75) is 38.5 Å². The molecule has 1 aromatic carbocycles. The van der Waals surface area contributed by atoms with Crippen LogP contribution in [0, 0.1) is 0 Å². The van der Waals surface area contributed by atoms with Crippen LogP contribution in [0.25, 0.3) is 0 Å². The zero-order valence-electron chi connectivity index (χ0n) is 13.6. The molecule has 0 radical (unpaired) electrons. The van der Waals surface area contributed by atoms with E-state index in [0.29, 0.717) is 13.0 Å². The molecule has 1 heterocycles. The summed E-state index contributed by atoms with van der Waals surface area (Å²) >= 11 is 0. The van der Waals surface area contributed by atoms with Gasteiger partial charge in [0.25, 0.3) is 0 Å². The van der Waals surface area contributed by atoms with Crippen LogP contribution in [0.2, 0.25) is 0 Å². The van der Waals surface area contributed by atoms with E-state index in [1.165, 1.54) is 12.1 Å². The number of benzene rings is 1. The Labute approximate surface area is 138 Å². The normalized spacial score (nSPS) is 18.4. The number of hydrogen-bond donors (Lipinski definition) is 2. The van der Waals surface area contributed by atoms with E-state index in [4.69, 9.17) is 9.84 Å². The number of nitrogens with zero attached hydrogens (tertiary/aromatic N) is 1. The third kappa shape index (κ3) is 4.11. The summed E-state index contributed by atoms with van der Waals surface area (Å²) in [7, 11) is 0. The first-order chi connectivity index (χ1) is 11.2. The standard InChI is InChI=1S/C16H21F3N2O3/c1-10(2)21-6-5-14(15(21)23)20-13-4-3-11(24-8-7-22)9-12(13)16(17,18)19/h3-4,9-10,14,20,22H,5-8H2,1-2H3. The number of likely N-dealkylation sites (tertiary alicyclic amines) is 1. The predicted octanol–water partition coefficient (Wildman–Crippen LogP) is 2.50. The fraction of sp³-hybridized carbons (Fsp3) is 0.562. The van der Waals surface area contributed by atoms with Crippen molar-refractivity contribution >= 4 is 11.6 Å². The molecule has 5 nitrogen and oxygen atoms in total. The van der Waals surface area contributed by atoms with Gasteiger partial charge in [-0.05, 0) is 38.5 Å². The van der Waals surface area contributed by atoms with Gasteiger partial charge in [-0.1, -0.05) is 0 Å². The van der Waals surface area contributed by atoms with E-state index in [0.717, 1.165) is 6.07 Å². The van der Waals surface area contributed by atoms with Gasteiger partial charge in [0.05, 0.1) is 12.2 Å². The van der Waals surface area contributed by atoms with Crippen molar-refractivity contribution in [3.63, 3.8) is 0 Å². The lowest BCUT2D eigenvalue weighted by atomic mass is 10.1. The molecule has 0 spiro atoms. The van der Waals surface area contributed by atoms with Gasteiger partial charge in [-0.2, -0.15) is 13.2 Å². The zero-order valence-corrected chi connectivity index (χ0v) is 13.6. The highest BCUT2D eigenvalue weighted by Crippen LogP contribution is 2.38. The predicted molar refractivity (Wildman–Crippen MR) is 82.9 cm³/mol. The first-order valence-electron chi connectivity index (χ1n) is 7.76. The molecule has 0 saturated carbocycles. The Morgan fingerprint density at radius 3 is 2.67 bits per heavy atom. The van der Waals surface area contributed by atoms with Gasteiger partial charge in [-0.25, -0.2) is 0 Å². The second-order valence-electron chi connectivity index (χ2n) is 5.89. The van der Waals surface area contributed by atoms with Gasteiger partial charge in [0.1, 0.15) is 18.4 Å². The van der Waals surface area contributed by atoms with Crippen LogP contribution in [0.4, 0.5) is 18.9 Å². The van der Waals surface area contributed by atoms with Gasteiger partial charge in [0.2, 0.25) is 5.91 Å². The lowest BCUT2D eigenvalue weighted by Gasteiger charge is -2.22. The molecule has 0 bridgehead atoms. The number of rotatable bonds is 6. The Balaban J connectivity index is 2.22. The minimum Gasteiger partial charge on any atom is -0.491 e. The van der Waals surface area contributed by atoms with Gasteiger partial charge in [0.15, 0.2) is 0 Å². The minimum absolute atomic E-state index is 0.0145. The fourth-order valence-corrected chi connectivity index (χ4v) is 2.67. The number of aliphatic hydroxyl groups excluding tert-OH is 1. The van der Waals surface area contributed by atoms with Crippen molar-refractivity contribution < 1.29 is 27.8 Å². The van der Waals surface area contributed by atoms with E-state index in [2.05, 4.69) is 5.32 Å². The van der Waals surface area contributed by atoms with E-state index >= 15 is 0 Å². The summed E-state index contributed by atoms with van der Waals surface area (Å²) in [5, 5.41) is 11.4. The monoisotopic (exact) mass is 346 g/mol. The minimum atomic E-state index is -4.58. The molecule has 1 fully saturated rings. The van der Waals surface area contributed by atoms with E-state index in [1.807, 2.05) is 13.8 Å². The molecule has 1 aromatic rings. The summed E-state index contributed by atoms with van der Waals surface area (Å²) in [4.78, 5) is 13.9. The second-order valence-corrected chi connectivity index (χ2v) is 5.89. The van der Waals surface area contributed by atoms with E-state index in [-0.39, 0.29) is 36.6 Å². The smallest absolute Gasteiger partial charge is 0.418 e. The molecule has 1 saturated heterocycles. The number of amides is 1. The highest BCUT2D eigenvalue weighted by molar-refractivity contribution is 5.87. The summed E-state index contributed by atoms with van der Waals surface area (Å²) in [5.74, 6) is -0.179. The Bertz CT molecular complexity index is 590. The van der Waals surface area contributed by atoms with E-state index in [1.54, 1.807) is 4.90 Å². The number of ether oxygens (including phenoxy) is 1. The van der Waals surface area contributed by atoms with Gasteiger partial charge in [-0.15, -0.1) is 0 Å². The van der Waals surface area contributed by atoms with Gasteiger partial charge in [-0.3, -0.25) is 4.79 Å². The van der Waals surface area contributed by atoms with Crippen LogP contribution in [0.3, 0.4) is 0 Å².